The third-order valence-corrected chi connectivity index (χ3v) is 22.0. The molecule has 0 saturated carbocycles. The zero-order chi connectivity index (χ0) is 94.9. The van der Waals surface area contributed by atoms with Crippen LogP contribution >= 0.6 is 200 Å². The number of ketones is 1. The fourth-order valence-electron chi connectivity index (χ4n) is 8.67. The maximum absolute atomic E-state index is 12.8. The number of nitrogens with zero attached hydrogens (tertiary/aromatic N) is 23. The van der Waals surface area contributed by atoms with E-state index in [1.165, 1.54) is 164 Å². The number of thiazole rings is 3. The van der Waals surface area contributed by atoms with Crippen molar-refractivity contribution in [3.63, 3.8) is 0 Å². The van der Waals surface area contributed by atoms with Crippen molar-refractivity contribution in [2.45, 2.75) is 120 Å². The van der Waals surface area contributed by atoms with Gasteiger partial charge in [0.1, 0.15) is 90.8 Å². The number of rotatable bonds is 21. The van der Waals surface area contributed by atoms with Gasteiger partial charge in [-0.1, -0.05) is 220 Å². The fourth-order valence-corrected chi connectivity index (χ4v) is 15.4. The van der Waals surface area contributed by atoms with E-state index in [1.54, 1.807) is 52.1 Å². The zero-order valence-electron chi connectivity index (χ0n) is 70.8. The Bertz CT molecular complexity index is 5600. The van der Waals surface area contributed by atoms with Crippen LogP contribution in [0.15, 0.2) is 169 Å². The molecule has 0 spiro atoms. The maximum atomic E-state index is 12.8. The van der Waals surface area contributed by atoms with Gasteiger partial charge in [-0.15, -0.1) is 17.0 Å². The first-order valence-corrected chi connectivity index (χ1v) is 51.1. The van der Waals surface area contributed by atoms with E-state index in [-0.39, 0.29) is 145 Å². The maximum Gasteiger partial charge on any atom is 1.00 e. The van der Waals surface area contributed by atoms with Gasteiger partial charge in [-0.25, -0.2) is 89.7 Å². The van der Waals surface area contributed by atoms with Crippen molar-refractivity contribution in [3.8, 4) is 40.4 Å². The third-order valence-electron chi connectivity index (χ3n) is 14.2. The topological polar surface area (TPSA) is 440 Å². The van der Waals surface area contributed by atoms with Crippen LogP contribution < -0.4 is 80.8 Å². The van der Waals surface area contributed by atoms with Crippen LogP contribution in [0.4, 0.5) is 9.52 Å². The Labute approximate surface area is 921 Å². The molecule has 0 aliphatic heterocycles. The molecular formula is C79H98BBr2Cl10F2KN24O10PS4Sn. The van der Waals surface area contributed by atoms with E-state index < -0.39 is 11.1 Å². The molecule has 0 amide bonds. The standard InChI is InChI=1S/C13H8ClN5OS.C13H8FN5OS.C8H9ClN2O.C8H18.C7H7N3OS.C6H4BrClN2O.C4H2Cl2N2.C4H3ClN2O.C4H3ClN2.C4H7O.C4H9.4CH4.BHNS.BrH.Cl3OP.FH.K.H2O2.Sn/c2*1-20-11-3-2-9-12(18-11)21-13-17-8(6-19(9)13)7-4-16-10(14)5-15-7;1-3-12-6(2)7-4-11-8(9)5-10-7;1-3-5-7-8-6-4-2;1-11-5-3-2-4-6(10-5)12-7(8)9-4;7-1-5(11)4-2-10-6(8)3-9-4;5-3-1-7-4(6)2-8-3;5-4-3-7(8)2-1-6-4;5-4-3-6-1-2-7-4;1-3-5-4-2;1-3-4-2;;;;;1-2-3;;1-5(2,3)4;;;1-2;/h2*2-6H,1H3;4-5H,2-3H2,1H3;3-8H2,1-2H3;2-3H,1H3,(H2,8,9);2-3H,1H2;1-2H;1-3H;1-3H;1,4H2,2H3;1,3-4H2,2H3;4*1H4;3H;1H;;1H;;1-2H;/q;;;;;;;;;;;;;;;;;;;+1;;/p-1. The number of thiol groups is 1. The van der Waals surface area contributed by atoms with Crippen LogP contribution in [0.2, 0.25) is 40.5 Å². The molecule has 34 nitrogen and oxygen atoms in total. The van der Waals surface area contributed by atoms with Crippen LogP contribution in [0.25, 0.3) is 69.5 Å². The molecule has 15 aromatic rings. The largest absolute Gasteiger partial charge is 1.00 e. The summed E-state index contributed by atoms with van der Waals surface area (Å²) in [4.78, 5) is 90.5. The second-order valence-electron chi connectivity index (χ2n) is 23.2. The minimum Gasteiger partial charge on any atom is -1.00 e. The van der Waals surface area contributed by atoms with Crippen LogP contribution in [-0.4, -0.2) is 188 Å². The quantitative estimate of drug-likeness (QED) is 0.00443. The number of aromatic nitrogens is 22. The average molecular weight is 2420 g/mol. The van der Waals surface area contributed by atoms with E-state index in [2.05, 4.69) is 203 Å². The summed E-state index contributed by atoms with van der Waals surface area (Å²) >= 11 is 62.2. The van der Waals surface area contributed by atoms with Gasteiger partial charge in [0.15, 0.2) is 32.2 Å². The Morgan fingerprint density at radius 2 is 0.970 bits per heavy atom. The molecule has 0 aliphatic rings. The van der Waals surface area contributed by atoms with Crippen molar-refractivity contribution in [2.24, 2.45) is 4.30 Å². The van der Waals surface area contributed by atoms with E-state index in [4.69, 9.17) is 121 Å². The molecule has 15 rings (SSSR count). The van der Waals surface area contributed by atoms with Crippen molar-refractivity contribution in [3.05, 3.63) is 223 Å². The number of hydrogen-bond donors (Lipinski definition) is 4. The number of methoxy groups -OCH3 is 3. The van der Waals surface area contributed by atoms with Gasteiger partial charge in [-0.2, -0.15) is 9.12 Å². The molecule has 0 saturated heterocycles. The number of hydrogen-bond acceptors (Lipinski definition) is 35. The number of fused-ring (bicyclic) bond motifs is 7. The third kappa shape index (κ3) is 56.9. The summed E-state index contributed by atoms with van der Waals surface area (Å²) < 4.78 is 57.6. The number of anilines is 1. The van der Waals surface area contributed by atoms with Crippen molar-refractivity contribution in [1.29, 1.82) is 0 Å². The number of unbranched alkanes of at least 4 members (excludes halogenated alkanes) is 6. The number of pyridine rings is 3. The molecule has 15 heterocycles. The summed E-state index contributed by atoms with van der Waals surface area (Å²) in [5.41, 5.74) is 11.8. The van der Waals surface area contributed by atoms with Crippen LogP contribution in [0, 0.1) is 11.2 Å². The number of alkyl halides is 1. The molecule has 0 aromatic carbocycles. The Morgan fingerprint density at radius 3 is 1.33 bits per heavy atom. The Morgan fingerprint density at radius 1 is 0.563 bits per heavy atom. The van der Waals surface area contributed by atoms with Crippen molar-refractivity contribution in [2.75, 3.05) is 45.6 Å². The molecular weight excluding hydrogens is 2330 g/mol. The molecule has 56 heteroatoms. The molecule has 0 bridgehead atoms. The molecule has 3 radical (unpaired) electrons. The van der Waals surface area contributed by atoms with Gasteiger partial charge >= 0.3 is 155 Å². The smallest absolute Gasteiger partial charge is 1.00 e. The first-order chi connectivity index (χ1) is 61.4. The number of nitrogen functional groups attached to an aromatic ring is 1. The van der Waals surface area contributed by atoms with E-state index in [0.29, 0.717) is 94.1 Å². The molecule has 0 unspecified atom stereocenters. The number of halogens is 14. The average Bonchev–Trinajstić information content (AvgIpc) is 1.62. The molecule has 0 fully saturated rings. The minimum absolute atomic E-state index is 0. The van der Waals surface area contributed by atoms with Gasteiger partial charge in [0.25, 0.3) is 0 Å². The number of ether oxygens (including phenoxy) is 5. The molecule has 15 aromatic heterocycles. The summed E-state index contributed by atoms with van der Waals surface area (Å²) in [5.74, 6) is 1.55. The molecule has 0 atom stereocenters. The number of nitrogens with two attached hydrogens (primary N) is 1. The minimum atomic E-state index is -3.22. The van der Waals surface area contributed by atoms with Crippen molar-refractivity contribution < 1.29 is 109 Å². The van der Waals surface area contributed by atoms with Crippen LogP contribution in [-0.2, 0) is 14.0 Å². The summed E-state index contributed by atoms with van der Waals surface area (Å²) in [6, 6.07) is 11.1. The van der Waals surface area contributed by atoms with E-state index in [1.807, 2.05) is 59.3 Å². The molecule has 135 heavy (non-hydrogen) atoms. The second-order valence-corrected chi connectivity index (χ2v) is 40.2. The summed E-state index contributed by atoms with van der Waals surface area (Å²) in [6.07, 6.45) is 37.3. The first-order valence-electron chi connectivity index (χ1n) is 36.6. The van der Waals surface area contributed by atoms with E-state index in [0.717, 1.165) is 63.2 Å². The number of imidazole rings is 2. The van der Waals surface area contributed by atoms with Gasteiger partial charge in [0.2, 0.25) is 29.8 Å². The number of carbonyl (C=O) groups excluding carboxylic acids is 1. The van der Waals surface area contributed by atoms with Gasteiger partial charge in [0.05, 0.1) is 119 Å². The van der Waals surface area contributed by atoms with E-state index in [9.17, 15) is 19.0 Å². The van der Waals surface area contributed by atoms with Crippen LogP contribution in [0.3, 0.4) is 0 Å². The fraction of sp³-hybridized carbons (Fsp3) is 0.304. The van der Waals surface area contributed by atoms with Gasteiger partial charge < -0.3 is 34.6 Å². The van der Waals surface area contributed by atoms with Crippen molar-refractivity contribution in [1.82, 2.24) is 103 Å². The summed E-state index contributed by atoms with van der Waals surface area (Å²) in [5, 5.41) is 22.2. The summed E-state index contributed by atoms with van der Waals surface area (Å²) in [7, 11) is 9.10. The number of Topliss-reactive ketones (excluding diaryl/α,β-unsaturated/α-hetero) is 1. The van der Waals surface area contributed by atoms with Crippen LogP contribution in [0.5, 0.6) is 17.6 Å². The van der Waals surface area contributed by atoms with Gasteiger partial charge in [-0.3, -0.25) is 33.7 Å². The molecule has 0 aliphatic carbocycles. The Balaban J connectivity index is -0.000000466. The first kappa shape index (κ1) is 137. The second kappa shape index (κ2) is 79.7. The SMILES string of the molecule is Br.C.C.C.C.C=C(OCC)c1cnc(Cl)cn1.C=[C](OCC)[Sn][CH2]CCC.CCCCCCCC.COc1ccc2c(n1)sc1nc(-c3cnc(Cl)cn3)cn12.COc1ccc2c(n1)sc1nc(-c3cnc(F)cn3)cn12.COc1ccc2nc(N)sc2n1.Clc1cnc(Cl)cn1.Clc1cnccn1.O=C(CBr)c1cnc(Cl)cn1.O=P(Cl)(Cl)Cl.OO.[B]=NS.[F-].[K+].[O-][n+]1ccnc(Cl)c1. The monoisotopic (exact) mass is 2420 g/mol. The van der Waals surface area contributed by atoms with Gasteiger partial charge in [-0.05, 0) is 58.8 Å². The predicted molar refractivity (Wildman–Crippen MR) is 556 cm³/mol. The molecule has 4 N–H and O–H groups in total. The number of carbonyl (C=O) groups is 1. The Kier molecular flexibility index (Phi) is 81.1. The summed E-state index contributed by atoms with van der Waals surface area (Å²) in [6.45, 7) is 19.6. The van der Waals surface area contributed by atoms with Crippen LogP contribution in [0.1, 0.15) is 132 Å². The van der Waals surface area contributed by atoms with E-state index >= 15 is 0 Å². The van der Waals surface area contributed by atoms with Crippen molar-refractivity contribution >= 4 is 286 Å². The predicted octanol–water partition coefficient (Wildman–Crippen LogP) is 19.9. The Hall–Kier alpha value is -5.97. The molecule has 729 valence electrons. The zero-order valence-corrected chi connectivity index (χ0v) is 91.9. The normalized spacial score (nSPS) is 9.47. The van der Waals surface area contributed by atoms with Gasteiger partial charge in [0, 0.05) is 43.0 Å².